The molecular formula is C47H65IN6O9. The summed E-state index contributed by atoms with van der Waals surface area (Å²) in [5.74, 6) is -1.71. The van der Waals surface area contributed by atoms with Crippen LogP contribution in [0.4, 0.5) is 0 Å². The minimum Gasteiger partial charge on any atom is -0.450 e. The van der Waals surface area contributed by atoms with E-state index in [9.17, 15) is 33.6 Å². The van der Waals surface area contributed by atoms with Gasteiger partial charge in [-0.05, 0) is 55.6 Å². The third-order valence-corrected chi connectivity index (χ3v) is 11.8. The third kappa shape index (κ3) is 19.2. The van der Waals surface area contributed by atoms with Gasteiger partial charge in [0.05, 0.1) is 38.8 Å². The van der Waals surface area contributed by atoms with Gasteiger partial charge in [-0.1, -0.05) is 117 Å². The molecule has 0 aliphatic carbocycles. The van der Waals surface area contributed by atoms with Crippen LogP contribution >= 0.6 is 22.6 Å². The lowest BCUT2D eigenvalue weighted by molar-refractivity contribution is -0.164. The van der Waals surface area contributed by atoms with E-state index in [4.69, 9.17) is 15.9 Å². The first-order valence-corrected chi connectivity index (χ1v) is 23.2. The molecule has 5 atom stereocenters. The minimum atomic E-state index is -1.65. The Kier molecular flexibility index (Phi) is 22.8. The van der Waals surface area contributed by atoms with E-state index in [1.807, 2.05) is 104 Å². The van der Waals surface area contributed by atoms with Crippen LogP contribution in [0, 0.1) is 24.2 Å². The monoisotopic (exact) mass is 984 g/mol. The van der Waals surface area contributed by atoms with Gasteiger partial charge in [0, 0.05) is 30.4 Å². The van der Waals surface area contributed by atoms with Crippen molar-refractivity contribution in [3.05, 3.63) is 71.8 Å². The van der Waals surface area contributed by atoms with Gasteiger partial charge in [-0.3, -0.25) is 38.5 Å². The summed E-state index contributed by atoms with van der Waals surface area (Å²) in [5, 5.41) is 14.0. The molecule has 1 aliphatic heterocycles. The molecule has 344 valence electrons. The summed E-state index contributed by atoms with van der Waals surface area (Å²) in [5.41, 5.74) is 0.0610. The maximum atomic E-state index is 14.4. The number of carbonyl (C=O) groups is 7. The molecule has 1 aliphatic rings. The number of rotatable bonds is 26. The number of hydrogen-bond donors (Lipinski definition) is 5. The van der Waals surface area contributed by atoms with E-state index in [0.29, 0.717) is 32.7 Å². The van der Waals surface area contributed by atoms with E-state index in [-0.39, 0.29) is 73.8 Å². The van der Waals surface area contributed by atoms with Crippen molar-refractivity contribution in [3.8, 4) is 12.3 Å². The highest BCUT2D eigenvalue weighted by molar-refractivity contribution is 14.1. The van der Waals surface area contributed by atoms with Crippen LogP contribution in [0.2, 0.25) is 0 Å². The van der Waals surface area contributed by atoms with Gasteiger partial charge in [0.1, 0.15) is 18.1 Å². The smallest absolute Gasteiger partial charge is 0.307 e. The Morgan fingerprint density at radius 1 is 0.746 bits per heavy atom. The Bertz CT molecular complexity index is 1850. The first-order chi connectivity index (χ1) is 30.0. The maximum Gasteiger partial charge on any atom is 0.307 e. The molecule has 1 saturated heterocycles. The lowest BCUT2D eigenvalue weighted by Gasteiger charge is -2.32. The Morgan fingerprint density at radius 3 is 1.87 bits per heavy atom. The van der Waals surface area contributed by atoms with Crippen molar-refractivity contribution < 1.29 is 43.0 Å². The van der Waals surface area contributed by atoms with Crippen molar-refractivity contribution in [1.82, 2.24) is 31.5 Å². The second kappa shape index (κ2) is 27.4. The van der Waals surface area contributed by atoms with Crippen molar-refractivity contribution in [3.63, 3.8) is 0 Å². The predicted octanol–water partition coefficient (Wildman–Crippen LogP) is 3.06. The van der Waals surface area contributed by atoms with E-state index in [1.54, 1.807) is 12.1 Å². The van der Waals surface area contributed by atoms with Crippen molar-refractivity contribution in [2.24, 2.45) is 11.8 Å². The van der Waals surface area contributed by atoms with Crippen molar-refractivity contribution in [2.45, 2.75) is 109 Å². The van der Waals surface area contributed by atoms with Gasteiger partial charge in [0.25, 0.3) is 0 Å². The van der Waals surface area contributed by atoms with E-state index >= 15 is 0 Å². The first kappa shape index (κ1) is 52.5. The van der Waals surface area contributed by atoms with Crippen molar-refractivity contribution in [2.75, 3.05) is 43.8 Å². The molecule has 1 heterocycles. The van der Waals surface area contributed by atoms with Crippen LogP contribution < -0.4 is 26.6 Å². The molecule has 0 saturated carbocycles. The Morgan fingerprint density at radius 2 is 1.29 bits per heavy atom. The van der Waals surface area contributed by atoms with Crippen molar-refractivity contribution in [1.29, 1.82) is 0 Å². The first-order valence-electron chi connectivity index (χ1n) is 21.6. The predicted molar refractivity (Wildman–Crippen MR) is 248 cm³/mol. The number of esters is 1. The normalized spacial score (nSPS) is 15.7. The topological polar surface area (TPSA) is 201 Å². The second-order valence-electron chi connectivity index (χ2n) is 16.8. The summed E-state index contributed by atoms with van der Waals surface area (Å²) < 4.78 is 11.2. The van der Waals surface area contributed by atoms with E-state index in [0.717, 1.165) is 11.1 Å². The van der Waals surface area contributed by atoms with Gasteiger partial charge in [-0.25, -0.2) is 0 Å². The van der Waals surface area contributed by atoms with Crippen molar-refractivity contribution >= 4 is 63.9 Å². The van der Waals surface area contributed by atoms with Gasteiger partial charge in [0.15, 0.2) is 11.4 Å². The number of terminal acetylenes is 1. The van der Waals surface area contributed by atoms with E-state index < -0.39 is 65.1 Å². The molecule has 16 heteroatoms. The number of morpholine rings is 1. The summed E-state index contributed by atoms with van der Waals surface area (Å²) in [6, 6.07) is 14.3. The van der Waals surface area contributed by atoms with Crippen LogP contribution in [0.1, 0.15) is 77.8 Å². The van der Waals surface area contributed by atoms with Gasteiger partial charge in [0.2, 0.25) is 29.5 Å². The zero-order valence-corrected chi connectivity index (χ0v) is 39.4. The highest BCUT2D eigenvalue weighted by Gasteiger charge is 2.42. The number of amides is 5. The number of hydrogen-bond acceptors (Lipinski definition) is 10. The van der Waals surface area contributed by atoms with Crippen LogP contribution in [-0.2, 0) is 55.9 Å². The van der Waals surface area contributed by atoms with Gasteiger partial charge < -0.3 is 36.1 Å². The molecule has 2 aromatic carbocycles. The fourth-order valence-electron chi connectivity index (χ4n) is 6.98. The molecule has 63 heavy (non-hydrogen) atoms. The Balaban J connectivity index is 1.85. The van der Waals surface area contributed by atoms with Crippen LogP contribution in [-0.4, -0.2) is 120 Å². The lowest BCUT2D eigenvalue weighted by atomic mass is 9.90. The average molecular weight is 985 g/mol. The van der Waals surface area contributed by atoms with Crippen LogP contribution in [0.25, 0.3) is 0 Å². The van der Waals surface area contributed by atoms with E-state index in [1.165, 1.54) is 6.92 Å². The molecule has 15 nitrogen and oxygen atoms in total. The number of nitrogens with one attached hydrogen (secondary N) is 5. The molecule has 0 aromatic heterocycles. The second-order valence-corrected chi connectivity index (χ2v) is 17.6. The SMILES string of the molecule is C#CCNC(=O)CCC(=O)O[C@](C)(CI)C(=O)[C@H](CC(C)C)NC(=O)[C@H](Cc1ccccc1)NC(=O)C(CC(C)C)NC(=O)[C@H](CCc1ccccc1)NC(=O)CN1CCOCC1. The van der Waals surface area contributed by atoms with Crippen LogP contribution in [0.5, 0.6) is 0 Å². The molecule has 2 aromatic rings. The summed E-state index contributed by atoms with van der Waals surface area (Å²) >= 11 is 1.94. The third-order valence-electron chi connectivity index (χ3n) is 10.3. The molecule has 1 unspecified atom stereocenters. The Hall–Kier alpha value is -4.86. The zero-order chi connectivity index (χ0) is 46.4. The largest absolute Gasteiger partial charge is 0.450 e. The quantitative estimate of drug-likeness (QED) is 0.0404. The number of aryl methyl sites for hydroxylation is 1. The molecule has 0 spiro atoms. The van der Waals surface area contributed by atoms with E-state index in [2.05, 4.69) is 32.5 Å². The fourth-order valence-corrected chi connectivity index (χ4v) is 7.51. The molecule has 3 rings (SSSR count). The molecular weight excluding hydrogens is 919 g/mol. The molecule has 0 radical (unpaired) electrons. The molecule has 0 bridgehead atoms. The molecule has 1 fully saturated rings. The maximum absolute atomic E-state index is 14.4. The highest BCUT2D eigenvalue weighted by atomic mass is 127. The number of Topliss-reactive ketones (excluding diaryl/α,β-unsaturated/α-hetero) is 1. The number of benzene rings is 2. The van der Waals surface area contributed by atoms with Gasteiger partial charge in [-0.15, -0.1) is 6.42 Å². The van der Waals surface area contributed by atoms with Gasteiger partial charge >= 0.3 is 5.97 Å². The number of halogens is 1. The minimum absolute atomic E-state index is 0.0124. The average Bonchev–Trinajstić information content (AvgIpc) is 3.25. The standard InChI is InChI=1S/C47H65IN6O9/c1-7-22-49-40(55)20-21-42(57)63-47(6,31-48)43(58)37(27-32(2)3)51-46(61)39(29-35-16-12-9-13-17-35)53-45(60)38(28-33(4)5)52-44(59)36(19-18-34-14-10-8-11-15-34)50-41(56)30-54-23-25-62-26-24-54/h1,8-17,32-33,36-39H,18-31H2,2-6H3,(H,49,55)(H,50,56)(H,51,61)(H,52,59)(H,53,60)/t36-,37-,38?,39-,47+/m0/s1. The fraction of sp³-hybridized carbons (Fsp3) is 0.553. The van der Waals surface area contributed by atoms with Crippen LogP contribution in [0.15, 0.2) is 60.7 Å². The summed E-state index contributed by atoms with van der Waals surface area (Å²) in [6.45, 7) is 11.4. The number of carbonyl (C=O) groups excluding carboxylic acids is 7. The Labute approximate surface area is 385 Å². The highest BCUT2D eigenvalue weighted by Crippen LogP contribution is 2.22. The number of ketones is 1. The summed E-state index contributed by atoms with van der Waals surface area (Å²) in [7, 11) is 0. The van der Waals surface area contributed by atoms with Gasteiger partial charge in [-0.2, -0.15) is 0 Å². The molecule has 5 amide bonds. The van der Waals surface area contributed by atoms with Crippen LogP contribution in [0.3, 0.4) is 0 Å². The summed E-state index contributed by atoms with van der Waals surface area (Å²) in [4.78, 5) is 97.3. The summed E-state index contributed by atoms with van der Waals surface area (Å²) in [6.07, 6.45) is 5.96. The lowest BCUT2D eigenvalue weighted by Crippen LogP contribution is -2.60. The number of ether oxygens (including phenoxy) is 2. The number of alkyl halides is 1. The number of nitrogens with zero attached hydrogens (tertiary/aromatic N) is 1. The zero-order valence-electron chi connectivity index (χ0n) is 37.2. The molecule has 5 N–H and O–H groups in total.